The number of aromatic nitrogens is 1. The van der Waals surface area contributed by atoms with Crippen LogP contribution >= 0.6 is 15.9 Å². The van der Waals surface area contributed by atoms with Crippen molar-refractivity contribution in [2.24, 2.45) is 0 Å². The lowest BCUT2D eigenvalue weighted by Crippen LogP contribution is -2.26. The number of rotatable bonds is 4. The number of hydrogen-bond acceptors (Lipinski definition) is 4. The summed E-state index contributed by atoms with van der Waals surface area (Å²) in [7, 11) is -3.63. The van der Waals surface area contributed by atoms with E-state index in [0.29, 0.717) is 5.33 Å². The average Bonchev–Trinajstić information content (AvgIpc) is 2.26. The van der Waals surface area contributed by atoms with Gasteiger partial charge in [0, 0.05) is 18.1 Å². The van der Waals surface area contributed by atoms with E-state index in [2.05, 4.69) is 25.6 Å². The van der Waals surface area contributed by atoms with Crippen LogP contribution in [-0.2, 0) is 10.0 Å². The largest absolute Gasteiger partial charge is 0.244 e. The van der Waals surface area contributed by atoms with Gasteiger partial charge in [-0.15, -0.1) is 0 Å². The summed E-state index contributed by atoms with van der Waals surface area (Å²) >= 11 is 3.10. The fourth-order valence-corrected chi connectivity index (χ4v) is 2.54. The number of pyridine rings is 1. The second kappa shape index (κ2) is 5.21. The van der Waals surface area contributed by atoms with E-state index in [1.807, 2.05) is 0 Å². The van der Waals surface area contributed by atoms with Gasteiger partial charge in [-0.25, -0.2) is 18.1 Å². The van der Waals surface area contributed by atoms with Crippen LogP contribution in [0.2, 0.25) is 0 Å². The van der Waals surface area contributed by atoms with Crippen LogP contribution < -0.4 is 4.72 Å². The summed E-state index contributed by atoms with van der Waals surface area (Å²) in [6, 6.07) is 4.56. The summed E-state index contributed by atoms with van der Waals surface area (Å²) in [4.78, 5) is 3.59. The predicted molar refractivity (Wildman–Crippen MR) is 57.9 cm³/mol. The summed E-state index contributed by atoms with van der Waals surface area (Å²) in [6.07, 6.45) is 1.38. The van der Waals surface area contributed by atoms with Gasteiger partial charge in [0.25, 0.3) is 0 Å². The van der Waals surface area contributed by atoms with Crippen molar-refractivity contribution in [1.29, 1.82) is 5.26 Å². The quantitative estimate of drug-likeness (QED) is 0.824. The normalized spacial score (nSPS) is 10.9. The van der Waals surface area contributed by atoms with Gasteiger partial charge in [-0.3, -0.25) is 0 Å². The average molecular weight is 290 g/mol. The molecule has 1 rings (SSSR count). The van der Waals surface area contributed by atoms with Gasteiger partial charge in [-0.2, -0.15) is 5.26 Å². The molecule has 0 bridgehead atoms. The van der Waals surface area contributed by atoms with Crippen LogP contribution in [0.1, 0.15) is 5.69 Å². The summed E-state index contributed by atoms with van der Waals surface area (Å²) in [5.74, 6) is 0. The van der Waals surface area contributed by atoms with Crippen molar-refractivity contribution in [2.45, 2.75) is 4.90 Å². The molecule has 0 unspecified atom stereocenters. The molecule has 0 atom stereocenters. The van der Waals surface area contributed by atoms with Crippen LogP contribution in [0.3, 0.4) is 0 Å². The molecule has 0 aliphatic heterocycles. The molecule has 0 aliphatic carbocycles. The number of alkyl halides is 1. The van der Waals surface area contributed by atoms with Gasteiger partial charge in [0.05, 0.1) is 0 Å². The standard InChI is InChI=1S/C8H8BrN3O2S/c9-3-5-12-15(13,14)8-2-1-4-11-7(8)6-10/h1-2,4,12H,3,5H2. The lowest BCUT2D eigenvalue weighted by molar-refractivity contribution is 0.583. The van der Waals surface area contributed by atoms with Crippen molar-refractivity contribution in [3.63, 3.8) is 0 Å². The lowest BCUT2D eigenvalue weighted by Gasteiger charge is -2.05. The number of nitriles is 1. The van der Waals surface area contributed by atoms with Gasteiger partial charge in [-0.05, 0) is 12.1 Å². The Morgan fingerprint density at radius 2 is 2.33 bits per heavy atom. The first-order valence-corrected chi connectivity index (χ1v) is 6.63. The maximum Gasteiger partial charge on any atom is 0.243 e. The molecule has 5 nitrogen and oxygen atoms in total. The highest BCUT2D eigenvalue weighted by Crippen LogP contribution is 2.11. The molecule has 1 heterocycles. The Kier molecular flexibility index (Phi) is 4.20. The highest BCUT2D eigenvalue weighted by atomic mass is 79.9. The molecule has 0 radical (unpaired) electrons. The molecule has 0 aliphatic rings. The Labute approximate surface area is 96.3 Å². The molecule has 15 heavy (non-hydrogen) atoms. The Morgan fingerprint density at radius 3 is 2.93 bits per heavy atom. The zero-order valence-electron chi connectivity index (χ0n) is 7.64. The molecule has 7 heteroatoms. The molecule has 80 valence electrons. The van der Waals surface area contributed by atoms with Gasteiger partial charge < -0.3 is 0 Å². The van der Waals surface area contributed by atoms with Crippen LogP contribution in [0.25, 0.3) is 0 Å². The van der Waals surface area contributed by atoms with E-state index in [0.717, 1.165) is 0 Å². The van der Waals surface area contributed by atoms with Crippen LogP contribution in [0.4, 0.5) is 0 Å². The molecular formula is C8H8BrN3O2S. The number of nitrogens with zero attached hydrogens (tertiary/aromatic N) is 2. The van der Waals surface area contributed by atoms with Crippen LogP contribution in [0.15, 0.2) is 23.2 Å². The van der Waals surface area contributed by atoms with E-state index in [-0.39, 0.29) is 17.1 Å². The summed E-state index contributed by atoms with van der Waals surface area (Å²) in [5, 5.41) is 9.20. The highest BCUT2D eigenvalue weighted by molar-refractivity contribution is 9.09. The monoisotopic (exact) mass is 289 g/mol. The van der Waals surface area contributed by atoms with Gasteiger partial charge in [0.1, 0.15) is 11.0 Å². The SMILES string of the molecule is N#Cc1ncccc1S(=O)(=O)NCCBr. The number of halogens is 1. The Hall–Kier alpha value is -0.970. The van der Waals surface area contributed by atoms with Crippen LogP contribution in [-0.4, -0.2) is 25.3 Å². The van der Waals surface area contributed by atoms with Gasteiger partial charge >= 0.3 is 0 Å². The smallest absolute Gasteiger partial charge is 0.243 e. The molecule has 0 saturated heterocycles. The molecule has 0 amide bonds. The Balaban J connectivity index is 3.11. The summed E-state index contributed by atoms with van der Waals surface area (Å²) < 4.78 is 25.6. The number of sulfonamides is 1. The zero-order chi connectivity index (χ0) is 11.3. The lowest BCUT2D eigenvalue weighted by atomic mass is 10.4. The minimum Gasteiger partial charge on any atom is -0.244 e. The molecular weight excluding hydrogens is 282 g/mol. The second-order valence-corrected chi connectivity index (χ2v) is 5.08. The Morgan fingerprint density at radius 1 is 1.60 bits per heavy atom. The van der Waals surface area contributed by atoms with Crippen LogP contribution in [0, 0.1) is 11.3 Å². The first-order chi connectivity index (χ1) is 7.11. The zero-order valence-corrected chi connectivity index (χ0v) is 10.0. The third-order valence-corrected chi connectivity index (χ3v) is 3.44. The molecule has 1 N–H and O–H groups in total. The Bertz CT molecular complexity index is 481. The second-order valence-electron chi connectivity index (χ2n) is 2.55. The number of nitrogens with one attached hydrogen (secondary N) is 1. The van der Waals surface area contributed by atoms with E-state index in [9.17, 15) is 8.42 Å². The molecule has 1 aromatic rings. The predicted octanol–water partition coefficient (Wildman–Crippen LogP) is 0.626. The van der Waals surface area contributed by atoms with E-state index in [1.165, 1.54) is 18.3 Å². The fraction of sp³-hybridized carbons (Fsp3) is 0.250. The van der Waals surface area contributed by atoms with Gasteiger partial charge in [0.2, 0.25) is 10.0 Å². The van der Waals surface area contributed by atoms with E-state index in [4.69, 9.17) is 5.26 Å². The van der Waals surface area contributed by atoms with Crippen molar-refractivity contribution in [3.05, 3.63) is 24.0 Å². The first kappa shape index (κ1) is 12.1. The van der Waals surface area contributed by atoms with Crippen LogP contribution in [0.5, 0.6) is 0 Å². The van der Waals surface area contributed by atoms with Crippen molar-refractivity contribution >= 4 is 26.0 Å². The minimum atomic E-state index is -3.63. The van der Waals surface area contributed by atoms with Crippen molar-refractivity contribution in [3.8, 4) is 6.07 Å². The van der Waals surface area contributed by atoms with E-state index >= 15 is 0 Å². The van der Waals surface area contributed by atoms with Gasteiger partial charge in [0.15, 0.2) is 5.69 Å². The van der Waals surface area contributed by atoms with Gasteiger partial charge in [-0.1, -0.05) is 15.9 Å². The maximum atomic E-state index is 11.6. The first-order valence-electron chi connectivity index (χ1n) is 4.02. The molecule has 0 fully saturated rings. The fourth-order valence-electron chi connectivity index (χ4n) is 0.942. The molecule has 0 aromatic carbocycles. The third-order valence-electron chi connectivity index (χ3n) is 1.55. The van der Waals surface area contributed by atoms with E-state index in [1.54, 1.807) is 6.07 Å². The number of hydrogen-bond donors (Lipinski definition) is 1. The molecule has 0 saturated carbocycles. The summed E-state index contributed by atoms with van der Waals surface area (Å²) in [5.41, 5.74) is -0.0976. The van der Waals surface area contributed by atoms with Crippen molar-refractivity contribution in [2.75, 3.05) is 11.9 Å². The highest BCUT2D eigenvalue weighted by Gasteiger charge is 2.17. The van der Waals surface area contributed by atoms with Crippen molar-refractivity contribution < 1.29 is 8.42 Å². The van der Waals surface area contributed by atoms with E-state index < -0.39 is 10.0 Å². The topological polar surface area (TPSA) is 82.8 Å². The third kappa shape index (κ3) is 2.99. The molecule has 1 aromatic heterocycles. The summed E-state index contributed by atoms with van der Waals surface area (Å²) in [6.45, 7) is 0.266. The molecule has 0 spiro atoms. The van der Waals surface area contributed by atoms with Crippen molar-refractivity contribution in [1.82, 2.24) is 9.71 Å². The minimum absolute atomic E-state index is 0.0894. The maximum absolute atomic E-state index is 11.6.